The molecule has 3 rings (SSSR count). The van der Waals surface area contributed by atoms with Crippen LogP contribution in [0.4, 0.5) is 16.2 Å². The number of piperazine rings is 1. The molecule has 0 radical (unpaired) electrons. The Morgan fingerprint density at radius 2 is 1.50 bits per heavy atom. The molecule has 0 unspecified atom stereocenters. The van der Waals surface area contributed by atoms with Crippen molar-refractivity contribution in [1.82, 2.24) is 4.90 Å². The molecule has 0 aromatic heterocycles. The Morgan fingerprint density at radius 1 is 0.875 bits per heavy atom. The van der Waals surface area contributed by atoms with E-state index in [1.807, 2.05) is 59.5 Å². The fourth-order valence-electron chi connectivity index (χ4n) is 2.80. The number of nitrogens with one attached hydrogen (secondary N) is 1. The van der Waals surface area contributed by atoms with E-state index in [-0.39, 0.29) is 11.8 Å². The number of carbonyl (C=O) groups excluding carboxylic acids is 2. The van der Waals surface area contributed by atoms with E-state index in [0.717, 1.165) is 30.0 Å². The van der Waals surface area contributed by atoms with E-state index >= 15 is 0 Å². The van der Waals surface area contributed by atoms with Gasteiger partial charge >= 0.3 is 6.03 Å². The van der Waals surface area contributed by atoms with Crippen molar-refractivity contribution in [3.63, 3.8) is 0 Å². The van der Waals surface area contributed by atoms with Crippen molar-refractivity contribution in [3.8, 4) is 0 Å². The monoisotopic (exact) mass is 323 g/mol. The first-order chi connectivity index (χ1) is 11.6. The summed E-state index contributed by atoms with van der Waals surface area (Å²) in [6.45, 7) is 4.47. The summed E-state index contributed by atoms with van der Waals surface area (Å²) in [6, 6.07) is 17.1. The fourth-order valence-corrected chi connectivity index (χ4v) is 2.80. The van der Waals surface area contributed by atoms with E-state index in [0.29, 0.717) is 13.1 Å². The van der Waals surface area contributed by atoms with Crippen LogP contribution in [0.2, 0.25) is 0 Å². The zero-order chi connectivity index (χ0) is 16.9. The Kier molecular flexibility index (Phi) is 4.79. The van der Waals surface area contributed by atoms with Crippen molar-refractivity contribution < 1.29 is 9.59 Å². The minimum Gasteiger partial charge on any atom is -0.368 e. The van der Waals surface area contributed by atoms with E-state index in [2.05, 4.69) is 10.2 Å². The van der Waals surface area contributed by atoms with Crippen LogP contribution in [0.5, 0.6) is 0 Å². The van der Waals surface area contributed by atoms with Gasteiger partial charge in [-0.3, -0.25) is 4.79 Å². The number of ketones is 1. The highest BCUT2D eigenvalue weighted by Gasteiger charge is 2.21. The van der Waals surface area contributed by atoms with Gasteiger partial charge in [0.05, 0.1) is 0 Å². The van der Waals surface area contributed by atoms with Gasteiger partial charge in [-0.05, 0) is 43.3 Å². The maximum Gasteiger partial charge on any atom is 0.321 e. The zero-order valence-electron chi connectivity index (χ0n) is 13.7. The number of benzene rings is 2. The first-order valence-electron chi connectivity index (χ1n) is 8.10. The predicted molar refractivity (Wildman–Crippen MR) is 95.7 cm³/mol. The number of nitrogens with zero attached hydrogens (tertiary/aromatic N) is 2. The van der Waals surface area contributed by atoms with Crippen molar-refractivity contribution in [3.05, 3.63) is 60.2 Å². The maximum atomic E-state index is 12.3. The minimum atomic E-state index is -0.0622. The van der Waals surface area contributed by atoms with Crippen molar-refractivity contribution in [2.75, 3.05) is 36.4 Å². The Labute approximate surface area is 141 Å². The molecule has 0 bridgehead atoms. The summed E-state index contributed by atoms with van der Waals surface area (Å²) in [5.74, 6) is 0.0731. The highest BCUT2D eigenvalue weighted by atomic mass is 16.2. The molecular weight excluding hydrogens is 302 g/mol. The third-order valence-corrected chi connectivity index (χ3v) is 4.23. The van der Waals surface area contributed by atoms with Gasteiger partial charge < -0.3 is 15.1 Å². The molecule has 1 heterocycles. The Morgan fingerprint density at radius 3 is 2.08 bits per heavy atom. The van der Waals surface area contributed by atoms with Gasteiger partial charge in [-0.25, -0.2) is 4.79 Å². The third-order valence-electron chi connectivity index (χ3n) is 4.23. The minimum absolute atomic E-state index is 0.0622. The van der Waals surface area contributed by atoms with E-state index in [1.54, 1.807) is 6.92 Å². The number of hydrogen-bond donors (Lipinski definition) is 1. The third kappa shape index (κ3) is 3.74. The van der Waals surface area contributed by atoms with Gasteiger partial charge in [-0.1, -0.05) is 18.2 Å². The average Bonchev–Trinajstić information content (AvgIpc) is 2.63. The number of para-hydroxylation sites is 1. The molecule has 24 heavy (non-hydrogen) atoms. The zero-order valence-corrected chi connectivity index (χ0v) is 13.7. The smallest absolute Gasteiger partial charge is 0.321 e. The van der Waals surface area contributed by atoms with Crippen LogP contribution in [-0.4, -0.2) is 42.9 Å². The van der Waals surface area contributed by atoms with E-state index < -0.39 is 0 Å². The molecule has 1 aliphatic heterocycles. The summed E-state index contributed by atoms with van der Waals surface area (Å²) < 4.78 is 0. The quantitative estimate of drug-likeness (QED) is 0.882. The van der Waals surface area contributed by atoms with E-state index in [9.17, 15) is 9.59 Å². The molecule has 2 amide bonds. The molecule has 124 valence electrons. The van der Waals surface area contributed by atoms with Crippen molar-refractivity contribution >= 4 is 23.2 Å². The van der Waals surface area contributed by atoms with Crippen LogP contribution in [0.1, 0.15) is 17.3 Å². The maximum absolute atomic E-state index is 12.3. The summed E-state index contributed by atoms with van der Waals surface area (Å²) in [7, 11) is 0. The van der Waals surface area contributed by atoms with Gasteiger partial charge in [0.15, 0.2) is 5.78 Å². The second-order valence-electron chi connectivity index (χ2n) is 5.87. The van der Waals surface area contributed by atoms with Crippen LogP contribution in [0.15, 0.2) is 54.6 Å². The Hall–Kier alpha value is -2.82. The summed E-state index contributed by atoms with van der Waals surface area (Å²) in [5, 5.41) is 2.92. The van der Waals surface area contributed by atoms with Gasteiger partial charge in [-0.2, -0.15) is 0 Å². The van der Waals surface area contributed by atoms with Gasteiger partial charge in [0.1, 0.15) is 0 Å². The van der Waals surface area contributed by atoms with Crippen LogP contribution in [0.25, 0.3) is 0 Å². The van der Waals surface area contributed by atoms with E-state index in [4.69, 9.17) is 0 Å². The number of amides is 2. The Balaban J connectivity index is 1.55. The summed E-state index contributed by atoms with van der Waals surface area (Å²) in [4.78, 5) is 27.7. The highest BCUT2D eigenvalue weighted by Crippen LogP contribution is 2.18. The second-order valence-corrected chi connectivity index (χ2v) is 5.87. The molecule has 1 N–H and O–H groups in total. The number of anilines is 2. The molecule has 2 aromatic carbocycles. The van der Waals surface area contributed by atoms with Gasteiger partial charge in [0, 0.05) is 43.1 Å². The van der Waals surface area contributed by atoms with Crippen LogP contribution >= 0.6 is 0 Å². The lowest BCUT2D eigenvalue weighted by molar-refractivity contribution is 0.101. The fraction of sp³-hybridized carbons (Fsp3) is 0.263. The number of Topliss-reactive ketones (excluding diaryl/α,β-unsaturated/α-hetero) is 1. The molecule has 1 saturated heterocycles. The number of carbonyl (C=O) groups is 2. The number of urea groups is 1. The van der Waals surface area contributed by atoms with Crippen LogP contribution in [0.3, 0.4) is 0 Å². The average molecular weight is 323 g/mol. The van der Waals surface area contributed by atoms with Crippen LogP contribution < -0.4 is 10.2 Å². The predicted octanol–water partition coefficient (Wildman–Crippen LogP) is 3.24. The van der Waals surface area contributed by atoms with Gasteiger partial charge in [-0.15, -0.1) is 0 Å². The molecule has 0 atom stereocenters. The van der Waals surface area contributed by atoms with Gasteiger partial charge in [0.2, 0.25) is 0 Å². The summed E-state index contributed by atoms with van der Waals surface area (Å²) in [6.07, 6.45) is 0. The summed E-state index contributed by atoms with van der Waals surface area (Å²) >= 11 is 0. The first-order valence-corrected chi connectivity index (χ1v) is 8.10. The van der Waals surface area contributed by atoms with Crippen molar-refractivity contribution in [2.24, 2.45) is 0 Å². The van der Waals surface area contributed by atoms with Crippen molar-refractivity contribution in [2.45, 2.75) is 6.92 Å². The molecule has 5 nitrogen and oxygen atoms in total. The number of rotatable bonds is 3. The lowest BCUT2D eigenvalue weighted by Crippen LogP contribution is -2.50. The molecule has 0 saturated carbocycles. The lowest BCUT2D eigenvalue weighted by Gasteiger charge is -2.36. The standard InChI is InChI=1S/C19H21N3O2/c1-15(23)16-7-9-18(10-8-16)21-11-13-22(14-12-21)19(24)20-17-5-3-2-4-6-17/h2-10H,11-14H2,1H3,(H,20,24). The van der Waals surface area contributed by atoms with Crippen LogP contribution in [-0.2, 0) is 0 Å². The van der Waals surface area contributed by atoms with Crippen LogP contribution in [0, 0.1) is 0 Å². The topological polar surface area (TPSA) is 52.7 Å². The van der Waals surface area contributed by atoms with E-state index in [1.165, 1.54) is 0 Å². The molecule has 1 aliphatic rings. The molecule has 0 aliphatic carbocycles. The van der Waals surface area contributed by atoms with Crippen molar-refractivity contribution in [1.29, 1.82) is 0 Å². The molecule has 1 fully saturated rings. The normalized spacial score (nSPS) is 14.4. The highest BCUT2D eigenvalue weighted by molar-refractivity contribution is 5.94. The van der Waals surface area contributed by atoms with Gasteiger partial charge in [0.25, 0.3) is 0 Å². The molecule has 2 aromatic rings. The molecule has 5 heteroatoms. The summed E-state index contributed by atoms with van der Waals surface area (Å²) in [5.41, 5.74) is 2.62. The number of hydrogen-bond acceptors (Lipinski definition) is 3. The Bertz CT molecular complexity index is 705. The lowest BCUT2D eigenvalue weighted by atomic mass is 10.1. The first kappa shape index (κ1) is 16.1. The second kappa shape index (κ2) is 7.17. The SMILES string of the molecule is CC(=O)c1ccc(N2CCN(C(=O)Nc3ccccc3)CC2)cc1. The molecular formula is C19H21N3O2. The molecule has 0 spiro atoms. The largest absolute Gasteiger partial charge is 0.368 e.